The third kappa shape index (κ3) is 2.52. The molecule has 0 spiro atoms. The van der Waals surface area contributed by atoms with E-state index in [1.807, 2.05) is 42.5 Å². The predicted molar refractivity (Wildman–Crippen MR) is 87.1 cm³/mol. The Hall–Kier alpha value is -2.26. The van der Waals surface area contributed by atoms with E-state index in [9.17, 15) is 0 Å². The van der Waals surface area contributed by atoms with Gasteiger partial charge in [0.05, 0.1) is 14.2 Å². The molecule has 2 aromatic carbocycles. The van der Waals surface area contributed by atoms with Gasteiger partial charge in [0.25, 0.3) is 0 Å². The van der Waals surface area contributed by atoms with E-state index in [0.29, 0.717) is 0 Å². The highest BCUT2D eigenvalue weighted by Crippen LogP contribution is 2.43. The molecule has 0 saturated heterocycles. The van der Waals surface area contributed by atoms with Gasteiger partial charge in [0.1, 0.15) is 11.5 Å². The van der Waals surface area contributed by atoms with Gasteiger partial charge >= 0.3 is 0 Å². The zero-order chi connectivity index (χ0) is 14.7. The highest BCUT2D eigenvalue weighted by molar-refractivity contribution is 7.13. The van der Waals surface area contributed by atoms with Crippen molar-refractivity contribution in [1.82, 2.24) is 0 Å². The molecule has 0 bridgehead atoms. The van der Waals surface area contributed by atoms with E-state index >= 15 is 0 Å². The summed E-state index contributed by atoms with van der Waals surface area (Å²) in [6.45, 7) is 0. The van der Waals surface area contributed by atoms with Crippen molar-refractivity contribution in [1.29, 1.82) is 0 Å². The zero-order valence-electron chi connectivity index (χ0n) is 11.9. The van der Waals surface area contributed by atoms with Crippen LogP contribution < -0.4 is 9.47 Å². The van der Waals surface area contributed by atoms with Gasteiger partial charge in [0.15, 0.2) is 0 Å². The van der Waals surface area contributed by atoms with Crippen LogP contribution in [0.25, 0.3) is 21.6 Å². The summed E-state index contributed by atoms with van der Waals surface area (Å²) in [5.41, 5.74) is 3.26. The summed E-state index contributed by atoms with van der Waals surface area (Å²) in [5, 5.41) is 3.23. The molecule has 2 nitrogen and oxygen atoms in total. The van der Waals surface area contributed by atoms with Gasteiger partial charge in [-0.25, -0.2) is 0 Å². The minimum atomic E-state index is 0.862. The highest BCUT2D eigenvalue weighted by Gasteiger charge is 2.15. The van der Waals surface area contributed by atoms with Gasteiger partial charge < -0.3 is 9.47 Å². The fraction of sp³-hybridized carbons (Fsp3) is 0.111. The van der Waals surface area contributed by atoms with Crippen LogP contribution in [-0.2, 0) is 0 Å². The molecule has 21 heavy (non-hydrogen) atoms. The van der Waals surface area contributed by atoms with Crippen molar-refractivity contribution >= 4 is 11.3 Å². The molecule has 105 valence electrons. The maximum absolute atomic E-state index is 5.48. The minimum absolute atomic E-state index is 0.862. The monoisotopic (exact) mass is 295 g/mol. The number of methoxy groups -OCH3 is 2. The molecule has 3 aromatic rings. The Balaban J connectivity index is 2.18. The lowest BCUT2D eigenvalue weighted by Gasteiger charge is -2.11. The van der Waals surface area contributed by atoms with Crippen molar-refractivity contribution < 1.29 is 9.47 Å². The summed E-state index contributed by atoms with van der Waals surface area (Å²) < 4.78 is 11.0. The van der Waals surface area contributed by atoms with Crippen LogP contribution in [0, 0.1) is 5.38 Å². The Labute approximate surface area is 128 Å². The van der Waals surface area contributed by atoms with E-state index < -0.39 is 0 Å². The quantitative estimate of drug-likeness (QED) is 0.681. The molecule has 0 aliphatic carbocycles. The van der Waals surface area contributed by atoms with Gasteiger partial charge in [-0.05, 0) is 24.3 Å². The SMILES string of the molecule is COc1ccccc1-c1c[c]sc1-c1ccccc1OC. The number of benzene rings is 2. The predicted octanol–water partition coefficient (Wildman–Crippen LogP) is 4.90. The zero-order valence-corrected chi connectivity index (χ0v) is 12.7. The van der Waals surface area contributed by atoms with Gasteiger partial charge in [-0.15, -0.1) is 11.3 Å². The second kappa shape index (κ2) is 6.02. The van der Waals surface area contributed by atoms with E-state index in [1.165, 1.54) is 0 Å². The van der Waals surface area contributed by atoms with Crippen molar-refractivity contribution in [3.05, 3.63) is 60.0 Å². The van der Waals surface area contributed by atoms with Crippen LogP contribution in [0.5, 0.6) is 11.5 Å². The van der Waals surface area contributed by atoms with Gasteiger partial charge in [-0.3, -0.25) is 0 Å². The van der Waals surface area contributed by atoms with Crippen molar-refractivity contribution in [2.75, 3.05) is 14.2 Å². The summed E-state index contributed by atoms with van der Waals surface area (Å²) in [6, 6.07) is 18.1. The summed E-state index contributed by atoms with van der Waals surface area (Å²) in [5.74, 6) is 1.73. The second-order valence-electron chi connectivity index (χ2n) is 4.51. The fourth-order valence-electron chi connectivity index (χ4n) is 2.37. The van der Waals surface area contributed by atoms with E-state index in [2.05, 4.69) is 17.5 Å². The summed E-state index contributed by atoms with van der Waals surface area (Å²) >= 11 is 1.59. The van der Waals surface area contributed by atoms with Crippen LogP contribution in [0.1, 0.15) is 0 Å². The molecule has 3 rings (SSSR count). The Kier molecular flexibility index (Phi) is 3.93. The number of thiophene rings is 1. The van der Waals surface area contributed by atoms with Crippen molar-refractivity contribution in [2.45, 2.75) is 0 Å². The Morgan fingerprint density at radius 1 is 0.762 bits per heavy atom. The molecule has 1 heterocycles. The number of rotatable bonds is 4. The van der Waals surface area contributed by atoms with Crippen LogP contribution >= 0.6 is 11.3 Å². The molecule has 0 atom stereocenters. The first-order valence-electron chi connectivity index (χ1n) is 6.62. The normalized spacial score (nSPS) is 10.4. The van der Waals surface area contributed by atoms with Gasteiger partial charge in [0.2, 0.25) is 0 Å². The van der Waals surface area contributed by atoms with Crippen LogP contribution in [0.3, 0.4) is 0 Å². The number of para-hydroxylation sites is 2. The lowest BCUT2D eigenvalue weighted by Crippen LogP contribution is -1.89. The average Bonchev–Trinajstić information content (AvgIpc) is 3.04. The summed E-state index contributed by atoms with van der Waals surface area (Å²) in [6.07, 6.45) is 0. The first kappa shape index (κ1) is 13.7. The third-order valence-corrected chi connectivity index (χ3v) is 4.24. The van der Waals surface area contributed by atoms with E-state index in [1.54, 1.807) is 25.6 Å². The molecule has 1 aromatic heterocycles. The van der Waals surface area contributed by atoms with Crippen molar-refractivity contribution in [2.24, 2.45) is 0 Å². The minimum Gasteiger partial charge on any atom is -0.496 e. The molecule has 0 amide bonds. The summed E-state index contributed by atoms with van der Waals surface area (Å²) in [4.78, 5) is 1.14. The van der Waals surface area contributed by atoms with Gasteiger partial charge in [0, 0.05) is 26.9 Å². The maximum atomic E-state index is 5.48. The van der Waals surface area contributed by atoms with Gasteiger partial charge in [-0.1, -0.05) is 30.3 Å². The fourth-order valence-corrected chi connectivity index (χ4v) is 3.22. The molecule has 0 saturated carbocycles. The smallest absolute Gasteiger partial charge is 0.127 e. The molecule has 0 aliphatic rings. The second-order valence-corrected chi connectivity index (χ2v) is 5.36. The van der Waals surface area contributed by atoms with Gasteiger partial charge in [-0.2, -0.15) is 0 Å². The Morgan fingerprint density at radius 3 is 2.00 bits per heavy atom. The molecular formula is C18H15O2S. The average molecular weight is 295 g/mol. The number of hydrogen-bond donors (Lipinski definition) is 0. The van der Waals surface area contributed by atoms with E-state index in [-0.39, 0.29) is 0 Å². The standard InChI is InChI=1S/C18H15O2S/c1-19-16-9-5-3-7-13(16)14-11-12-21-18(14)15-8-4-6-10-17(15)20-2/h3-11H,1-2H3. The molecule has 0 unspecified atom stereocenters. The van der Waals surface area contributed by atoms with Crippen molar-refractivity contribution in [3.63, 3.8) is 0 Å². The first-order chi connectivity index (χ1) is 10.3. The maximum Gasteiger partial charge on any atom is 0.127 e. The molecule has 0 N–H and O–H groups in total. The largest absolute Gasteiger partial charge is 0.496 e. The lowest BCUT2D eigenvalue weighted by atomic mass is 10.0. The topological polar surface area (TPSA) is 18.5 Å². The molecule has 0 aliphatic heterocycles. The Bertz CT molecular complexity index is 684. The third-order valence-electron chi connectivity index (χ3n) is 3.36. The highest BCUT2D eigenvalue weighted by atomic mass is 32.1. The lowest BCUT2D eigenvalue weighted by molar-refractivity contribution is 0.416. The number of ether oxygens (including phenoxy) is 2. The molecule has 1 radical (unpaired) electrons. The van der Waals surface area contributed by atoms with Crippen LogP contribution in [0.15, 0.2) is 54.6 Å². The Morgan fingerprint density at radius 2 is 1.33 bits per heavy atom. The van der Waals surface area contributed by atoms with Crippen LogP contribution in [0.2, 0.25) is 0 Å². The molecular weight excluding hydrogens is 280 g/mol. The van der Waals surface area contributed by atoms with Crippen LogP contribution in [-0.4, -0.2) is 14.2 Å². The van der Waals surface area contributed by atoms with Crippen LogP contribution in [0.4, 0.5) is 0 Å². The molecule has 3 heteroatoms. The van der Waals surface area contributed by atoms with Crippen molar-refractivity contribution in [3.8, 4) is 33.1 Å². The summed E-state index contributed by atoms with van der Waals surface area (Å²) in [7, 11) is 3.39. The number of hydrogen-bond acceptors (Lipinski definition) is 3. The molecule has 0 fully saturated rings. The first-order valence-corrected chi connectivity index (χ1v) is 7.43. The van der Waals surface area contributed by atoms with E-state index in [0.717, 1.165) is 33.1 Å². The van der Waals surface area contributed by atoms with E-state index in [4.69, 9.17) is 9.47 Å².